The Bertz CT molecular complexity index is 617. The Morgan fingerprint density at radius 1 is 1.39 bits per heavy atom. The van der Waals surface area contributed by atoms with Crippen LogP contribution >= 0.6 is 11.6 Å². The number of allylic oxidation sites excluding steroid dienone is 2. The van der Waals surface area contributed by atoms with Crippen LogP contribution in [0.25, 0.3) is 5.57 Å². The maximum Gasteiger partial charge on any atom is 0.159 e. The molecule has 2 nitrogen and oxygen atoms in total. The number of phenols is 1. The molecule has 3 aliphatic carbocycles. The van der Waals surface area contributed by atoms with Crippen molar-refractivity contribution in [3.8, 4) is 5.75 Å². The second kappa shape index (κ2) is 3.18. The Kier molecular flexibility index (Phi) is 1.88. The zero-order chi connectivity index (χ0) is 12.5. The van der Waals surface area contributed by atoms with Crippen LogP contribution in [0.4, 0.5) is 0 Å². The first-order valence-electron chi connectivity index (χ1n) is 6.37. The highest BCUT2D eigenvalue weighted by Gasteiger charge is 2.52. The maximum atomic E-state index is 12.0. The lowest BCUT2D eigenvalue weighted by molar-refractivity contribution is -0.118. The molecule has 18 heavy (non-hydrogen) atoms. The Balaban J connectivity index is 1.98. The molecule has 1 fully saturated rings. The topological polar surface area (TPSA) is 37.3 Å². The molecule has 1 saturated carbocycles. The molecule has 2 bridgehead atoms. The Morgan fingerprint density at radius 3 is 3.06 bits per heavy atom. The van der Waals surface area contributed by atoms with E-state index in [4.69, 9.17) is 11.6 Å². The normalized spacial score (nSPS) is 32.2. The largest absolute Gasteiger partial charge is 0.506 e. The van der Waals surface area contributed by atoms with Crippen molar-refractivity contribution in [1.29, 1.82) is 0 Å². The summed E-state index contributed by atoms with van der Waals surface area (Å²) in [5, 5.41) is 10.2. The molecule has 1 spiro atoms. The van der Waals surface area contributed by atoms with Crippen LogP contribution in [0.15, 0.2) is 18.2 Å². The van der Waals surface area contributed by atoms with Crippen molar-refractivity contribution in [2.45, 2.75) is 25.7 Å². The number of carbonyl (C=O) groups excluding carboxylic acids is 1. The molecule has 0 radical (unpaired) electrons. The SMILES string of the molecule is O=C1C=C2c3ccc(O)c(Cl)c3C[C@@]23CC[C@@H]1C3. The third-order valence-corrected chi connectivity index (χ3v) is 5.32. The van der Waals surface area contributed by atoms with Crippen molar-refractivity contribution in [2.75, 3.05) is 0 Å². The molecule has 3 heteroatoms. The molecular formula is C15H13ClO2. The van der Waals surface area contributed by atoms with Crippen molar-refractivity contribution in [3.05, 3.63) is 34.4 Å². The molecular weight excluding hydrogens is 248 g/mol. The van der Waals surface area contributed by atoms with Gasteiger partial charge in [-0.1, -0.05) is 17.7 Å². The second-order valence-corrected chi connectivity index (χ2v) is 6.16. The fourth-order valence-electron chi connectivity index (χ4n) is 4.02. The van der Waals surface area contributed by atoms with Gasteiger partial charge in [0, 0.05) is 11.3 Å². The smallest absolute Gasteiger partial charge is 0.159 e. The van der Waals surface area contributed by atoms with Gasteiger partial charge >= 0.3 is 0 Å². The summed E-state index contributed by atoms with van der Waals surface area (Å²) in [6.45, 7) is 0. The minimum absolute atomic E-state index is 0.123. The first-order valence-corrected chi connectivity index (χ1v) is 6.75. The fourth-order valence-corrected chi connectivity index (χ4v) is 4.25. The highest BCUT2D eigenvalue weighted by molar-refractivity contribution is 6.33. The molecule has 1 aromatic carbocycles. The quantitative estimate of drug-likeness (QED) is 0.777. The monoisotopic (exact) mass is 260 g/mol. The van der Waals surface area contributed by atoms with E-state index in [1.807, 2.05) is 12.1 Å². The fraction of sp³-hybridized carbons (Fsp3) is 0.400. The number of ketones is 1. The third kappa shape index (κ3) is 1.12. The number of carbonyl (C=O) groups is 1. The van der Waals surface area contributed by atoms with E-state index in [-0.39, 0.29) is 22.9 Å². The molecule has 0 aromatic heterocycles. The van der Waals surface area contributed by atoms with Gasteiger partial charge in [-0.2, -0.15) is 0 Å². The number of phenolic OH excluding ortho intramolecular Hbond substituents is 1. The van der Waals surface area contributed by atoms with Crippen LogP contribution in [0.5, 0.6) is 5.75 Å². The standard InChI is InChI=1S/C15H13ClO2/c16-14-10-7-15-4-3-8(6-15)13(18)5-11(15)9(10)1-2-12(14)17/h1-2,5,8,17H,3-4,6-7H2/t8-,15+/m1/s1. The average Bonchev–Trinajstić information content (AvgIpc) is 2.87. The number of halogens is 1. The van der Waals surface area contributed by atoms with Crippen LogP contribution in [0.2, 0.25) is 5.02 Å². The number of benzene rings is 1. The van der Waals surface area contributed by atoms with Crippen LogP contribution in [-0.4, -0.2) is 10.9 Å². The lowest BCUT2D eigenvalue weighted by atomic mass is 9.74. The Labute approximate surface area is 110 Å². The van der Waals surface area contributed by atoms with E-state index >= 15 is 0 Å². The van der Waals surface area contributed by atoms with Gasteiger partial charge in [0.2, 0.25) is 0 Å². The van der Waals surface area contributed by atoms with Gasteiger partial charge in [0.05, 0.1) is 5.02 Å². The summed E-state index contributed by atoms with van der Waals surface area (Å²) in [5.41, 5.74) is 3.39. The van der Waals surface area contributed by atoms with E-state index in [1.165, 1.54) is 0 Å². The summed E-state index contributed by atoms with van der Waals surface area (Å²) in [6.07, 6.45) is 5.74. The van der Waals surface area contributed by atoms with Gasteiger partial charge in [-0.3, -0.25) is 4.79 Å². The summed E-state index contributed by atoms with van der Waals surface area (Å²) in [7, 11) is 0. The minimum Gasteiger partial charge on any atom is -0.506 e. The molecule has 1 N–H and O–H groups in total. The lowest BCUT2D eigenvalue weighted by Gasteiger charge is -2.28. The first-order chi connectivity index (χ1) is 8.61. The van der Waals surface area contributed by atoms with E-state index in [2.05, 4.69) is 0 Å². The molecule has 4 rings (SSSR count). The molecule has 0 amide bonds. The highest BCUT2D eigenvalue weighted by atomic mass is 35.5. The summed E-state index contributed by atoms with van der Waals surface area (Å²) in [5.74, 6) is 0.637. The lowest BCUT2D eigenvalue weighted by Crippen LogP contribution is -2.23. The number of hydrogen-bond acceptors (Lipinski definition) is 2. The van der Waals surface area contributed by atoms with E-state index in [0.29, 0.717) is 5.02 Å². The zero-order valence-electron chi connectivity index (χ0n) is 9.87. The van der Waals surface area contributed by atoms with Gasteiger partial charge in [0.1, 0.15) is 5.75 Å². The maximum absolute atomic E-state index is 12.0. The van der Waals surface area contributed by atoms with Gasteiger partial charge < -0.3 is 5.11 Å². The molecule has 0 aliphatic heterocycles. The van der Waals surface area contributed by atoms with Crippen molar-refractivity contribution >= 4 is 23.0 Å². The third-order valence-electron chi connectivity index (χ3n) is 4.90. The van der Waals surface area contributed by atoms with Gasteiger partial charge in [0.25, 0.3) is 0 Å². The van der Waals surface area contributed by atoms with Crippen molar-refractivity contribution in [2.24, 2.45) is 11.3 Å². The summed E-state index contributed by atoms with van der Waals surface area (Å²) < 4.78 is 0. The van der Waals surface area contributed by atoms with Gasteiger partial charge in [-0.25, -0.2) is 0 Å². The van der Waals surface area contributed by atoms with Crippen molar-refractivity contribution in [3.63, 3.8) is 0 Å². The van der Waals surface area contributed by atoms with Crippen LogP contribution in [0, 0.1) is 11.3 Å². The molecule has 92 valence electrons. The number of hydrogen-bond donors (Lipinski definition) is 1. The minimum atomic E-state index is 0.123. The number of rotatable bonds is 0. The summed E-state index contributed by atoms with van der Waals surface area (Å²) >= 11 is 6.21. The van der Waals surface area contributed by atoms with Crippen LogP contribution in [-0.2, 0) is 11.2 Å². The van der Waals surface area contributed by atoms with E-state index in [1.54, 1.807) is 6.07 Å². The van der Waals surface area contributed by atoms with E-state index < -0.39 is 0 Å². The first kappa shape index (κ1) is 10.6. The highest BCUT2D eigenvalue weighted by Crippen LogP contribution is 2.61. The van der Waals surface area contributed by atoms with E-state index in [9.17, 15) is 9.90 Å². The van der Waals surface area contributed by atoms with Crippen molar-refractivity contribution in [1.82, 2.24) is 0 Å². The van der Waals surface area contributed by atoms with Gasteiger partial charge in [0.15, 0.2) is 5.78 Å². The predicted molar refractivity (Wildman–Crippen MR) is 69.6 cm³/mol. The van der Waals surface area contributed by atoms with Crippen molar-refractivity contribution < 1.29 is 9.90 Å². The van der Waals surface area contributed by atoms with E-state index in [0.717, 1.165) is 42.4 Å². The number of aromatic hydroxyl groups is 1. The molecule has 3 aliphatic rings. The molecule has 0 unspecified atom stereocenters. The van der Waals surface area contributed by atoms with Crippen LogP contribution < -0.4 is 0 Å². The summed E-state index contributed by atoms with van der Waals surface area (Å²) in [4.78, 5) is 12.0. The Morgan fingerprint density at radius 2 is 2.22 bits per heavy atom. The average molecular weight is 261 g/mol. The molecule has 0 heterocycles. The predicted octanol–water partition coefficient (Wildman–Crippen LogP) is 3.35. The Hall–Kier alpha value is -1.28. The second-order valence-electron chi connectivity index (χ2n) is 5.78. The molecule has 2 atom stereocenters. The summed E-state index contributed by atoms with van der Waals surface area (Å²) in [6, 6.07) is 3.54. The van der Waals surface area contributed by atoms with Gasteiger partial charge in [-0.15, -0.1) is 0 Å². The van der Waals surface area contributed by atoms with Gasteiger partial charge in [-0.05, 0) is 54.5 Å². The molecule has 1 aromatic rings. The zero-order valence-corrected chi connectivity index (χ0v) is 10.6. The number of fused-ring (bicyclic) bond motifs is 3. The molecule has 0 saturated heterocycles. The van der Waals surface area contributed by atoms with Crippen LogP contribution in [0.3, 0.4) is 0 Å². The van der Waals surface area contributed by atoms with Crippen LogP contribution in [0.1, 0.15) is 30.4 Å².